The van der Waals surface area contributed by atoms with Gasteiger partial charge in [0, 0.05) is 0 Å². The van der Waals surface area contributed by atoms with Crippen LogP contribution in [-0.2, 0) is 10.2 Å². The first-order valence-electron chi connectivity index (χ1n) is 3.49. The van der Waals surface area contributed by atoms with Crippen molar-refractivity contribution in [1.29, 1.82) is 0 Å². The highest BCUT2D eigenvalue weighted by molar-refractivity contribution is 7.89. The van der Waals surface area contributed by atoms with Crippen molar-refractivity contribution in [3.05, 3.63) is 29.8 Å². The van der Waals surface area contributed by atoms with Crippen molar-refractivity contribution in [1.82, 2.24) is 0 Å². The molecule has 0 aromatic heterocycles. The molecule has 1 unspecified atom stereocenters. The summed E-state index contributed by atoms with van der Waals surface area (Å²) in [7, 11) is -3.57. The maximum atomic E-state index is 11.2. The summed E-state index contributed by atoms with van der Waals surface area (Å²) in [6, 6.07) is 6.43. The van der Waals surface area contributed by atoms with Gasteiger partial charge in [0.25, 0.3) is 16.1 Å². The standard InChI is InChI=1S/C7H6N2O3S/c10-7-5-3-1-2-4-6(5)8-13(11,12)9-7/h1-4H,(H2,8,9,10,11,12). The number of anilines is 1. The molecule has 1 heterocycles. The average Bonchev–Trinajstić information content (AvgIpc) is 2.02. The molecule has 1 atom stereocenters. The third kappa shape index (κ3) is 1.41. The maximum absolute atomic E-state index is 11.2. The molecule has 0 fully saturated rings. The second-order valence-corrected chi connectivity index (χ2v) is 3.92. The molecule has 13 heavy (non-hydrogen) atoms. The minimum atomic E-state index is -3.57. The normalized spacial score (nSPS) is 25.8. The number of rotatable bonds is 0. The van der Waals surface area contributed by atoms with E-state index in [1.807, 2.05) is 0 Å². The van der Waals surface area contributed by atoms with Gasteiger partial charge >= 0.3 is 0 Å². The number of nitrogens with one attached hydrogen (secondary N) is 1. The van der Waals surface area contributed by atoms with Gasteiger partial charge in [0.15, 0.2) is 0 Å². The molecular formula is C7H6N2O3S. The van der Waals surface area contributed by atoms with Crippen LogP contribution >= 0.6 is 0 Å². The molecule has 68 valence electrons. The Morgan fingerprint density at radius 1 is 1.38 bits per heavy atom. The SMILES string of the molecule is O=C1N=S(=O)(O)Nc2ccccc21. The molecule has 6 heteroatoms. The number of carbonyl (C=O) groups excluding carboxylic acids is 1. The number of nitrogens with zero attached hydrogens (tertiary/aromatic N) is 1. The zero-order valence-corrected chi connectivity index (χ0v) is 7.25. The van der Waals surface area contributed by atoms with E-state index < -0.39 is 16.1 Å². The average molecular weight is 198 g/mol. The fourth-order valence-electron chi connectivity index (χ4n) is 1.09. The van der Waals surface area contributed by atoms with Crippen molar-refractivity contribution in [2.75, 3.05) is 4.72 Å². The summed E-state index contributed by atoms with van der Waals surface area (Å²) in [6.07, 6.45) is 0. The van der Waals surface area contributed by atoms with Gasteiger partial charge in [-0.25, -0.2) is 0 Å². The van der Waals surface area contributed by atoms with Crippen LogP contribution in [0.1, 0.15) is 10.4 Å². The maximum Gasteiger partial charge on any atom is 0.290 e. The third-order valence-electron chi connectivity index (χ3n) is 1.61. The lowest BCUT2D eigenvalue weighted by Crippen LogP contribution is -2.20. The van der Waals surface area contributed by atoms with E-state index in [0.717, 1.165) is 0 Å². The molecule has 2 rings (SSSR count). The molecule has 1 aromatic carbocycles. The topological polar surface area (TPSA) is 78.8 Å². The number of hydrogen-bond acceptors (Lipinski definition) is 2. The van der Waals surface area contributed by atoms with E-state index in [4.69, 9.17) is 4.55 Å². The molecule has 1 aromatic rings. The molecule has 0 saturated carbocycles. The first-order chi connectivity index (χ1) is 6.08. The minimum absolute atomic E-state index is 0.315. The molecule has 1 aliphatic rings. The number of benzene rings is 1. The molecule has 1 amide bonds. The van der Waals surface area contributed by atoms with Crippen molar-refractivity contribution >= 4 is 21.8 Å². The predicted molar refractivity (Wildman–Crippen MR) is 47.6 cm³/mol. The Balaban J connectivity index is 2.66. The highest BCUT2D eigenvalue weighted by Gasteiger charge is 2.20. The van der Waals surface area contributed by atoms with Gasteiger partial charge < -0.3 is 0 Å². The summed E-state index contributed by atoms with van der Waals surface area (Å²) >= 11 is 0. The van der Waals surface area contributed by atoms with E-state index in [1.54, 1.807) is 24.3 Å². The van der Waals surface area contributed by atoms with Crippen LogP contribution in [0.4, 0.5) is 5.69 Å². The second-order valence-electron chi connectivity index (χ2n) is 2.54. The first kappa shape index (κ1) is 8.21. The van der Waals surface area contributed by atoms with E-state index in [9.17, 15) is 9.00 Å². The lowest BCUT2D eigenvalue weighted by Gasteiger charge is -2.13. The van der Waals surface area contributed by atoms with Crippen molar-refractivity contribution in [2.45, 2.75) is 0 Å². The molecule has 5 nitrogen and oxygen atoms in total. The van der Waals surface area contributed by atoms with Gasteiger partial charge in [-0.2, -0.15) is 4.21 Å². The smallest absolute Gasteiger partial charge is 0.284 e. The van der Waals surface area contributed by atoms with Crippen molar-refractivity contribution in [3.8, 4) is 0 Å². The van der Waals surface area contributed by atoms with Crippen LogP contribution in [0.2, 0.25) is 0 Å². The van der Waals surface area contributed by atoms with Crippen LogP contribution in [0.25, 0.3) is 0 Å². The van der Waals surface area contributed by atoms with Crippen LogP contribution in [0, 0.1) is 0 Å². The van der Waals surface area contributed by atoms with Gasteiger partial charge in [-0.1, -0.05) is 12.1 Å². The zero-order valence-electron chi connectivity index (χ0n) is 6.43. The zero-order chi connectivity index (χ0) is 9.47. The summed E-state index contributed by atoms with van der Waals surface area (Å²) in [4.78, 5) is 11.2. The van der Waals surface area contributed by atoms with Gasteiger partial charge in [-0.05, 0) is 12.1 Å². The molecule has 0 bridgehead atoms. The van der Waals surface area contributed by atoms with Crippen LogP contribution < -0.4 is 4.72 Å². The molecule has 2 N–H and O–H groups in total. The predicted octanol–water partition coefficient (Wildman–Crippen LogP) is 1.11. The molecule has 0 aliphatic carbocycles. The van der Waals surface area contributed by atoms with Crippen molar-refractivity contribution in [3.63, 3.8) is 0 Å². The lowest BCUT2D eigenvalue weighted by molar-refractivity contribution is 0.100. The van der Waals surface area contributed by atoms with Gasteiger partial charge in [0.05, 0.1) is 11.3 Å². The summed E-state index contributed by atoms with van der Waals surface area (Å²) < 4.78 is 25.4. The number of amides is 1. The largest absolute Gasteiger partial charge is 0.290 e. The Kier molecular flexibility index (Phi) is 1.61. The van der Waals surface area contributed by atoms with E-state index in [1.165, 1.54) is 0 Å². The Bertz CT molecular complexity index is 488. The number of carbonyl (C=O) groups is 1. The van der Waals surface area contributed by atoms with Crippen LogP contribution in [0.15, 0.2) is 28.6 Å². The molecule has 0 saturated heterocycles. The van der Waals surface area contributed by atoms with Crippen LogP contribution in [0.5, 0.6) is 0 Å². The summed E-state index contributed by atoms with van der Waals surface area (Å²) in [5.41, 5.74) is 0.658. The number of para-hydroxylation sites is 1. The summed E-state index contributed by atoms with van der Waals surface area (Å²) in [5, 5.41) is 0. The Labute approximate surface area is 74.9 Å². The van der Waals surface area contributed by atoms with Gasteiger partial charge in [0.2, 0.25) is 0 Å². The van der Waals surface area contributed by atoms with E-state index in [0.29, 0.717) is 11.3 Å². The quantitative estimate of drug-likeness (QED) is 0.655. The van der Waals surface area contributed by atoms with Crippen LogP contribution in [-0.4, -0.2) is 14.7 Å². The Morgan fingerprint density at radius 2 is 2.08 bits per heavy atom. The number of fused-ring (bicyclic) bond motifs is 1. The molecular weight excluding hydrogens is 192 g/mol. The van der Waals surface area contributed by atoms with E-state index >= 15 is 0 Å². The van der Waals surface area contributed by atoms with Crippen molar-refractivity contribution in [2.24, 2.45) is 4.36 Å². The first-order valence-corrected chi connectivity index (χ1v) is 4.96. The highest BCUT2D eigenvalue weighted by atomic mass is 32.2. The van der Waals surface area contributed by atoms with Gasteiger partial charge in [-0.3, -0.25) is 14.1 Å². The lowest BCUT2D eigenvalue weighted by atomic mass is 10.2. The second kappa shape index (κ2) is 2.54. The van der Waals surface area contributed by atoms with Crippen molar-refractivity contribution < 1.29 is 13.6 Å². The molecule has 0 radical (unpaired) electrons. The fraction of sp³-hybridized carbons (Fsp3) is 0. The highest BCUT2D eigenvalue weighted by Crippen LogP contribution is 2.21. The Hall–Kier alpha value is -1.40. The summed E-state index contributed by atoms with van der Waals surface area (Å²) in [5.74, 6) is -0.665. The minimum Gasteiger partial charge on any atom is -0.284 e. The summed E-state index contributed by atoms with van der Waals surface area (Å²) in [6.45, 7) is 0. The molecule has 0 spiro atoms. The fourth-order valence-corrected chi connectivity index (χ4v) is 1.92. The van der Waals surface area contributed by atoms with Gasteiger partial charge in [0.1, 0.15) is 0 Å². The van der Waals surface area contributed by atoms with E-state index in [2.05, 4.69) is 9.08 Å². The third-order valence-corrected chi connectivity index (χ3v) is 2.51. The van der Waals surface area contributed by atoms with E-state index in [-0.39, 0.29) is 0 Å². The van der Waals surface area contributed by atoms with Crippen LogP contribution in [0.3, 0.4) is 0 Å². The molecule has 1 aliphatic heterocycles. The Morgan fingerprint density at radius 3 is 2.85 bits per heavy atom. The monoisotopic (exact) mass is 198 g/mol. The number of hydrogen-bond donors (Lipinski definition) is 2. The van der Waals surface area contributed by atoms with Gasteiger partial charge in [-0.15, -0.1) is 4.36 Å².